The van der Waals surface area contributed by atoms with E-state index in [2.05, 4.69) is 0 Å². The second kappa shape index (κ2) is 6.64. The number of fused-ring (bicyclic) bond motifs is 1. The predicted octanol–water partition coefficient (Wildman–Crippen LogP) is 0.0909. The Labute approximate surface area is 142 Å². The Morgan fingerprint density at radius 2 is 1.96 bits per heavy atom. The van der Waals surface area contributed by atoms with E-state index in [1.807, 2.05) is 0 Å². The van der Waals surface area contributed by atoms with E-state index in [1.54, 1.807) is 20.8 Å². The lowest BCUT2D eigenvalue weighted by molar-refractivity contribution is -0.167. The quantitative estimate of drug-likeness (QED) is 0.518. The van der Waals surface area contributed by atoms with Gasteiger partial charge in [-0.3, -0.25) is 18.7 Å². The summed E-state index contributed by atoms with van der Waals surface area (Å²) in [6.45, 7) is 6.11. The Balaban J connectivity index is 2.40. The summed E-state index contributed by atoms with van der Waals surface area (Å²) < 4.78 is 27.7. The Morgan fingerprint density at radius 1 is 1.33 bits per heavy atom. The number of ether oxygens (including phenoxy) is 3. The van der Waals surface area contributed by atoms with Crippen molar-refractivity contribution < 1.29 is 32.8 Å². The molecule has 0 N–H and O–H groups in total. The minimum Gasteiger partial charge on any atom is -0.461 e. The Kier molecular flexibility index (Phi) is 5.14. The number of carbonyl (C=O) groups excluding carboxylic acids is 3. The van der Waals surface area contributed by atoms with E-state index in [1.165, 1.54) is 14.0 Å². The largest absolute Gasteiger partial charge is 0.461 e. The highest BCUT2D eigenvalue weighted by molar-refractivity contribution is 7.86. The van der Waals surface area contributed by atoms with Crippen molar-refractivity contribution in [2.45, 2.75) is 44.8 Å². The van der Waals surface area contributed by atoms with E-state index in [0.29, 0.717) is 5.57 Å². The maximum absolute atomic E-state index is 12.6. The zero-order chi connectivity index (χ0) is 18.2. The van der Waals surface area contributed by atoms with Gasteiger partial charge in [0, 0.05) is 19.6 Å². The van der Waals surface area contributed by atoms with Crippen LogP contribution >= 0.6 is 0 Å². The summed E-state index contributed by atoms with van der Waals surface area (Å²) in [5.74, 6) is -1.70. The molecule has 2 aliphatic rings. The number of carbonyl (C=O) groups is 3. The summed E-state index contributed by atoms with van der Waals surface area (Å²) >= 11 is 0. The number of nitrogens with zero attached hydrogens (tertiary/aromatic N) is 1. The van der Waals surface area contributed by atoms with Gasteiger partial charge < -0.3 is 14.2 Å². The molecule has 24 heavy (non-hydrogen) atoms. The molecule has 0 bridgehead atoms. The third-order valence-corrected chi connectivity index (χ3v) is 5.08. The van der Waals surface area contributed by atoms with Crippen molar-refractivity contribution in [2.24, 2.45) is 0 Å². The highest BCUT2D eigenvalue weighted by atomic mass is 32.2. The molecule has 2 rings (SSSR count). The molecule has 1 saturated heterocycles. The molecule has 0 aromatic rings. The highest BCUT2D eigenvalue weighted by Crippen LogP contribution is 2.37. The first-order valence-electron chi connectivity index (χ1n) is 7.38. The van der Waals surface area contributed by atoms with E-state index >= 15 is 0 Å². The van der Waals surface area contributed by atoms with E-state index < -0.39 is 45.7 Å². The van der Waals surface area contributed by atoms with Gasteiger partial charge in [0.05, 0.1) is 16.6 Å². The van der Waals surface area contributed by atoms with E-state index in [4.69, 9.17) is 14.2 Å². The van der Waals surface area contributed by atoms with Gasteiger partial charge in [-0.1, -0.05) is 0 Å². The van der Waals surface area contributed by atoms with Gasteiger partial charge in [0.1, 0.15) is 23.3 Å². The van der Waals surface area contributed by atoms with Crippen molar-refractivity contribution in [3.8, 4) is 0 Å². The maximum atomic E-state index is 12.6. The van der Waals surface area contributed by atoms with Gasteiger partial charge in [-0.15, -0.1) is 0 Å². The van der Waals surface area contributed by atoms with Gasteiger partial charge in [0.2, 0.25) is 0 Å². The van der Waals surface area contributed by atoms with Gasteiger partial charge in [-0.25, -0.2) is 4.79 Å². The second-order valence-electron chi connectivity index (χ2n) is 6.51. The van der Waals surface area contributed by atoms with Crippen LogP contribution in [0.25, 0.3) is 0 Å². The third kappa shape index (κ3) is 3.51. The molecule has 0 saturated carbocycles. The molecule has 0 radical (unpaired) electrons. The first kappa shape index (κ1) is 18.6. The molecule has 3 atom stereocenters. The zero-order valence-electron chi connectivity index (χ0n) is 14.3. The average molecular weight is 359 g/mol. The Bertz CT molecular complexity index is 634. The normalized spacial score (nSPS) is 26.6. The molecular formula is C15H21NO7S. The molecule has 2 aliphatic heterocycles. The van der Waals surface area contributed by atoms with Crippen LogP contribution in [0.2, 0.25) is 0 Å². The number of β-lactam (4-membered cyclic amide) rings is 1. The van der Waals surface area contributed by atoms with Crippen molar-refractivity contribution in [1.82, 2.24) is 4.90 Å². The van der Waals surface area contributed by atoms with Gasteiger partial charge >= 0.3 is 11.9 Å². The fourth-order valence-electron chi connectivity index (χ4n) is 2.51. The van der Waals surface area contributed by atoms with Crippen molar-refractivity contribution in [3.05, 3.63) is 11.3 Å². The molecule has 0 aromatic carbocycles. The average Bonchev–Trinajstić information content (AvgIpc) is 2.43. The maximum Gasteiger partial charge on any atom is 0.355 e. The fraction of sp³-hybridized carbons (Fsp3) is 0.667. The summed E-state index contributed by atoms with van der Waals surface area (Å²) in [5.41, 5.74) is -0.469. The Hall–Kier alpha value is -1.74. The number of hydrogen-bond acceptors (Lipinski definition) is 7. The smallest absolute Gasteiger partial charge is 0.355 e. The SMILES string of the molecule is CO[C@H]1C(=O)N2C(C(=O)OC(C)(C)C)=C(COC(C)=O)C[S@](=O)[C@H]12. The lowest BCUT2D eigenvalue weighted by atomic mass is 10.1. The van der Waals surface area contributed by atoms with Crippen molar-refractivity contribution in [1.29, 1.82) is 0 Å². The van der Waals surface area contributed by atoms with Crippen LogP contribution in [-0.4, -0.2) is 63.5 Å². The lowest BCUT2D eigenvalue weighted by Crippen LogP contribution is -2.69. The monoisotopic (exact) mass is 359 g/mol. The van der Waals surface area contributed by atoms with Gasteiger partial charge in [0.15, 0.2) is 6.10 Å². The minimum atomic E-state index is -1.46. The van der Waals surface area contributed by atoms with Crippen LogP contribution in [0.5, 0.6) is 0 Å². The van der Waals surface area contributed by atoms with Crippen molar-refractivity contribution in [2.75, 3.05) is 19.5 Å². The second-order valence-corrected chi connectivity index (χ2v) is 8.05. The van der Waals surface area contributed by atoms with Gasteiger partial charge in [-0.05, 0) is 20.8 Å². The van der Waals surface area contributed by atoms with Crippen LogP contribution in [-0.2, 0) is 39.4 Å². The number of methoxy groups -OCH3 is 1. The van der Waals surface area contributed by atoms with Crippen molar-refractivity contribution >= 4 is 28.6 Å². The van der Waals surface area contributed by atoms with Crippen LogP contribution in [0.1, 0.15) is 27.7 Å². The van der Waals surface area contributed by atoms with Crippen LogP contribution in [0.3, 0.4) is 0 Å². The van der Waals surface area contributed by atoms with Gasteiger partial charge in [0.25, 0.3) is 5.91 Å². The molecule has 134 valence electrons. The molecule has 8 nitrogen and oxygen atoms in total. The molecular weight excluding hydrogens is 338 g/mol. The van der Waals surface area contributed by atoms with E-state index in [9.17, 15) is 18.6 Å². The predicted molar refractivity (Wildman–Crippen MR) is 83.9 cm³/mol. The number of rotatable bonds is 4. The number of esters is 2. The summed E-state index contributed by atoms with van der Waals surface area (Å²) in [5, 5.41) is -0.730. The first-order chi connectivity index (χ1) is 11.1. The van der Waals surface area contributed by atoms with Crippen LogP contribution in [0.15, 0.2) is 11.3 Å². The molecule has 0 spiro atoms. The molecule has 1 fully saturated rings. The summed E-state index contributed by atoms with van der Waals surface area (Å²) in [6, 6.07) is 0. The number of hydrogen-bond donors (Lipinski definition) is 0. The van der Waals surface area contributed by atoms with Crippen LogP contribution in [0.4, 0.5) is 0 Å². The molecule has 0 aromatic heterocycles. The Morgan fingerprint density at radius 3 is 2.46 bits per heavy atom. The standard InChI is InChI=1S/C15H21NO7S/c1-8(17)22-6-9-7-24(20)13-11(21-5)12(18)16(13)10(9)14(19)23-15(2,3)4/h11,13H,6-7H2,1-5H3/t11-,13+,24-/m0/s1. The minimum absolute atomic E-state index is 0.00549. The zero-order valence-corrected chi connectivity index (χ0v) is 15.1. The van der Waals surface area contributed by atoms with E-state index in [0.717, 1.165) is 4.90 Å². The molecule has 1 amide bonds. The summed E-state index contributed by atoms with van der Waals surface area (Å²) in [4.78, 5) is 37.0. The van der Waals surface area contributed by atoms with Crippen LogP contribution < -0.4 is 0 Å². The fourth-order valence-corrected chi connectivity index (χ4v) is 4.19. The number of amides is 1. The van der Waals surface area contributed by atoms with E-state index in [-0.39, 0.29) is 18.1 Å². The highest BCUT2D eigenvalue weighted by Gasteiger charge is 2.57. The van der Waals surface area contributed by atoms with Crippen molar-refractivity contribution in [3.63, 3.8) is 0 Å². The van der Waals surface area contributed by atoms with Gasteiger partial charge in [-0.2, -0.15) is 0 Å². The molecule has 0 aliphatic carbocycles. The molecule has 0 unspecified atom stereocenters. The third-order valence-electron chi connectivity index (χ3n) is 3.45. The topological polar surface area (TPSA) is 99.2 Å². The lowest BCUT2D eigenvalue weighted by Gasteiger charge is -2.48. The molecule has 9 heteroatoms. The molecule has 2 heterocycles. The first-order valence-corrected chi connectivity index (χ1v) is 8.77. The van der Waals surface area contributed by atoms with Crippen LogP contribution in [0, 0.1) is 0 Å². The summed E-state index contributed by atoms with van der Waals surface area (Å²) in [7, 11) is -0.111. The summed E-state index contributed by atoms with van der Waals surface area (Å²) in [6.07, 6.45) is -0.849.